The molecular weight excluding hydrogens is 335 g/mol. The summed E-state index contributed by atoms with van der Waals surface area (Å²) in [7, 11) is -3.56. The summed E-state index contributed by atoms with van der Waals surface area (Å²) < 4.78 is 42.8. The summed E-state index contributed by atoms with van der Waals surface area (Å²) in [5.41, 5.74) is 1.40. The highest BCUT2D eigenvalue weighted by Gasteiger charge is 2.40. The van der Waals surface area contributed by atoms with Crippen LogP contribution >= 0.6 is 0 Å². The van der Waals surface area contributed by atoms with Crippen molar-refractivity contribution < 1.29 is 22.1 Å². The van der Waals surface area contributed by atoms with E-state index in [-0.39, 0.29) is 30.3 Å². The van der Waals surface area contributed by atoms with E-state index < -0.39 is 20.9 Å². The Labute approximate surface area is 139 Å². The molecule has 0 N–H and O–H groups in total. The predicted molar refractivity (Wildman–Crippen MR) is 83.6 cm³/mol. The van der Waals surface area contributed by atoms with Gasteiger partial charge in [0, 0.05) is 18.7 Å². The Morgan fingerprint density at radius 1 is 1.29 bits per heavy atom. The minimum absolute atomic E-state index is 0.0757. The summed E-state index contributed by atoms with van der Waals surface area (Å²) in [6.45, 7) is 3.78. The second-order valence-electron chi connectivity index (χ2n) is 5.90. The van der Waals surface area contributed by atoms with Gasteiger partial charge in [0.1, 0.15) is 16.8 Å². The number of nitrogens with zero attached hydrogens (tertiary/aromatic N) is 2. The highest BCUT2D eigenvalue weighted by atomic mass is 32.2. The second kappa shape index (κ2) is 6.01. The van der Waals surface area contributed by atoms with Crippen molar-refractivity contribution in [2.75, 3.05) is 13.1 Å². The number of rotatable bonds is 4. The lowest BCUT2D eigenvalue weighted by Crippen LogP contribution is -2.57. The van der Waals surface area contributed by atoms with Crippen LogP contribution in [-0.2, 0) is 21.1 Å². The lowest BCUT2D eigenvalue weighted by Gasteiger charge is -2.38. The summed E-state index contributed by atoms with van der Waals surface area (Å²) in [5, 5.41) is 3.15. The number of carbonyl (C=O) groups excluding carboxylic acids is 1. The van der Waals surface area contributed by atoms with Crippen molar-refractivity contribution in [3.8, 4) is 0 Å². The maximum absolute atomic E-state index is 12.9. The van der Waals surface area contributed by atoms with Crippen LogP contribution in [0.15, 0.2) is 33.7 Å². The molecule has 2 aromatic rings. The number of benzene rings is 1. The van der Waals surface area contributed by atoms with Crippen LogP contribution in [0.3, 0.4) is 0 Å². The van der Waals surface area contributed by atoms with Crippen LogP contribution in [0.5, 0.6) is 0 Å². The minimum atomic E-state index is -3.56. The molecule has 1 aliphatic rings. The Bertz CT molecular complexity index is 848. The average Bonchev–Trinajstić information content (AvgIpc) is 2.78. The van der Waals surface area contributed by atoms with E-state index in [0.29, 0.717) is 11.5 Å². The second-order valence-corrected chi connectivity index (χ2v) is 8.13. The van der Waals surface area contributed by atoms with Crippen LogP contribution in [0.4, 0.5) is 4.39 Å². The maximum Gasteiger partial charge on any atom is 0.227 e. The van der Waals surface area contributed by atoms with E-state index in [1.165, 1.54) is 17.0 Å². The van der Waals surface area contributed by atoms with E-state index >= 15 is 0 Å². The molecule has 1 saturated heterocycles. The molecule has 0 bridgehead atoms. The van der Waals surface area contributed by atoms with Gasteiger partial charge in [-0.3, -0.25) is 4.79 Å². The van der Waals surface area contributed by atoms with Gasteiger partial charge in [-0.05, 0) is 38.1 Å². The zero-order valence-corrected chi connectivity index (χ0v) is 14.1. The van der Waals surface area contributed by atoms with Gasteiger partial charge in [0.25, 0.3) is 0 Å². The Morgan fingerprint density at radius 3 is 2.46 bits per heavy atom. The van der Waals surface area contributed by atoms with Gasteiger partial charge < -0.3 is 9.42 Å². The number of hydrogen-bond acceptors (Lipinski definition) is 5. The van der Waals surface area contributed by atoms with E-state index in [1.807, 2.05) is 0 Å². The molecule has 1 aliphatic heterocycles. The molecule has 0 spiro atoms. The smallest absolute Gasteiger partial charge is 0.227 e. The zero-order chi connectivity index (χ0) is 17.5. The van der Waals surface area contributed by atoms with E-state index in [2.05, 4.69) is 5.16 Å². The minimum Gasteiger partial charge on any atom is -0.361 e. The Kier molecular flexibility index (Phi) is 4.16. The van der Waals surface area contributed by atoms with E-state index in [0.717, 1.165) is 17.7 Å². The van der Waals surface area contributed by atoms with E-state index in [1.54, 1.807) is 13.8 Å². The number of aryl methyl sites for hydroxylation is 2. The first-order valence-electron chi connectivity index (χ1n) is 7.48. The first kappa shape index (κ1) is 16.6. The van der Waals surface area contributed by atoms with Crippen molar-refractivity contribution in [3.05, 3.63) is 47.1 Å². The van der Waals surface area contributed by atoms with Gasteiger partial charge in [0.15, 0.2) is 9.84 Å². The average molecular weight is 352 g/mol. The lowest BCUT2D eigenvalue weighted by molar-refractivity contribution is -0.133. The van der Waals surface area contributed by atoms with Gasteiger partial charge in [0.2, 0.25) is 5.91 Å². The number of likely N-dealkylation sites (tertiary alicyclic amines) is 1. The Hall–Kier alpha value is -2.22. The standard InChI is InChI=1S/C16H17FN2O4S/c1-10-15(11(2)23-18-10)7-16(20)19-8-14(9-19)24(21,22)13-5-3-12(17)4-6-13/h3-6,14H,7-9H2,1-2H3. The van der Waals surface area contributed by atoms with E-state index in [9.17, 15) is 17.6 Å². The monoisotopic (exact) mass is 352 g/mol. The molecule has 0 radical (unpaired) electrons. The van der Waals surface area contributed by atoms with E-state index in [4.69, 9.17) is 4.52 Å². The molecule has 0 saturated carbocycles. The van der Waals surface area contributed by atoms with Gasteiger partial charge in [-0.25, -0.2) is 12.8 Å². The van der Waals surface area contributed by atoms with Crippen molar-refractivity contribution in [1.29, 1.82) is 0 Å². The lowest BCUT2D eigenvalue weighted by atomic mass is 10.1. The molecule has 2 heterocycles. The number of hydrogen-bond donors (Lipinski definition) is 0. The summed E-state index contributed by atoms with van der Waals surface area (Å²) >= 11 is 0. The number of amides is 1. The molecule has 6 nitrogen and oxygen atoms in total. The molecule has 128 valence electrons. The van der Waals surface area contributed by atoms with Crippen LogP contribution < -0.4 is 0 Å². The van der Waals surface area contributed by atoms with Crippen LogP contribution in [0.1, 0.15) is 17.0 Å². The number of carbonyl (C=O) groups is 1. The fourth-order valence-electron chi connectivity index (χ4n) is 2.67. The Balaban J connectivity index is 1.64. The fourth-order valence-corrected chi connectivity index (χ4v) is 4.32. The quantitative estimate of drug-likeness (QED) is 0.782. The number of aromatic nitrogens is 1. The van der Waals surface area contributed by atoms with Crippen LogP contribution in [0, 0.1) is 19.7 Å². The van der Waals surface area contributed by atoms with Crippen molar-refractivity contribution in [2.24, 2.45) is 0 Å². The summed E-state index contributed by atoms with van der Waals surface area (Å²) in [6, 6.07) is 4.73. The summed E-state index contributed by atoms with van der Waals surface area (Å²) in [4.78, 5) is 13.8. The molecule has 8 heteroatoms. The molecular formula is C16H17FN2O4S. The molecule has 0 unspecified atom stereocenters. The zero-order valence-electron chi connectivity index (χ0n) is 13.3. The summed E-state index contributed by atoms with van der Waals surface area (Å²) in [5.74, 6) is -0.0503. The topological polar surface area (TPSA) is 80.5 Å². The third-order valence-electron chi connectivity index (χ3n) is 4.29. The highest BCUT2D eigenvalue weighted by Crippen LogP contribution is 2.25. The van der Waals surface area contributed by atoms with Gasteiger partial charge in [-0.15, -0.1) is 0 Å². The molecule has 3 rings (SSSR count). The first-order chi connectivity index (χ1) is 11.3. The van der Waals surface area contributed by atoms with Crippen molar-refractivity contribution in [3.63, 3.8) is 0 Å². The number of halogens is 1. The van der Waals surface area contributed by atoms with Crippen LogP contribution in [0.2, 0.25) is 0 Å². The molecule has 1 aromatic carbocycles. The molecule has 0 aliphatic carbocycles. The maximum atomic E-state index is 12.9. The fraction of sp³-hybridized carbons (Fsp3) is 0.375. The van der Waals surface area contributed by atoms with Crippen LogP contribution in [-0.4, -0.2) is 42.7 Å². The molecule has 1 amide bonds. The van der Waals surface area contributed by atoms with Crippen molar-refractivity contribution >= 4 is 15.7 Å². The van der Waals surface area contributed by atoms with Crippen molar-refractivity contribution in [1.82, 2.24) is 10.1 Å². The first-order valence-corrected chi connectivity index (χ1v) is 9.02. The number of sulfone groups is 1. The van der Waals surface area contributed by atoms with Crippen molar-refractivity contribution in [2.45, 2.75) is 30.4 Å². The van der Waals surface area contributed by atoms with Gasteiger partial charge in [-0.1, -0.05) is 5.16 Å². The Morgan fingerprint density at radius 2 is 1.92 bits per heavy atom. The normalized spacial score (nSPS) is 15.4. The van der Waals surface area contributed by atoms with Gasteiger partial charge in [0.05, 0.1) is 17.0 Å². The third kappa shape index (κ3) is 2.93. The third-order valence-corrected chi connectivity index (χ3v) is 6.40. The molecule has 1 aromatic heterocycles. The van der Waals surface area contributed by atoms with Gasteiger partial charge in [-0.2, -0.15) is 0 Å². The summed E-state index contributed by atoms with van der Waals surface area (Å²) in [6.07, 6.45) is 0.143. The van der Waals surface area contributed by atoms with Crippen LogP contribution in [0.25, 0.3) is 0 Å². The molecule has 1 fully saturated rings. The predicted octanol–water partition coefficient (Wildman–Crippen LogP) is 1.66. The largest absolute Gasteiger partial charge is 0.361 e. The molecule has 24 heavy (non-hydrogen) atoms. The highest BCUT2D eigenvalue weighted by molar-refractivity contribution is 7.92. The SMILES string of the molecule is Cc1noc(C)c1CC(=O)N1CC(S(=O)(=O)c2ccc(F)cc2)C1. The molecule has 0 atom stereocenters. The van der Waals surface area contributed by atoms with Gasteiger partial charge >= 0.3 is 0 Å².